The first-order valence-electron chi connectivity index (χ1n) is 9.19. The number of para-hydroxylation sites is 2. The molecule has 0 bridgehead atoms. The normalized spacial score (nSPS) is 11.9. The summed E-state index contributed by atoms with van der Waals surface area (Å²) in [6, 6.07) is 11.8. The third-order valence-corrected chi connectivity index (χ3v) is 6.14. The highest BCUT2D eigenvalue weighted by molar-refractivity contribution is 9.10. The number of phenolic OH excluding ortho intramolecular Hbond substituents is 1. The first-order chi connectivity index (χ1) is 14.0. The van der Waals surface area contributed by atoms with Gasteiger partial charge in [0, 0.05) is 18.1 Å². The fourth-order valence-corrected chi connectivity index (χ4v) is 4.46. The highest BCUT2D eigenvalue weighted by Crippen LogP contribution is 2.37. The van der Waals surface area contributed by atoms with E-state index in [0.29, 0.717) is 16.8 Å². The van der Waals surface area contributed by atoms with Crippen LogP contribution in [-0.4, -0.2) is 26.2 Å². The van der Waals surface area contributed by atoms with Crippen molar-refractivity contribution >= 4 is 49.9 Å². The van der Waals surface area contributed by atoms with Crippen molar-refractivity contribution in [1.29, 1.82) is 0 Å². The summed E-state index contributed by atoms with van der Waals surface area (Å²) in [4.78, 5) is 9.56. The fourth-order valence-electron chi connectivity index (χ4n) is 3.20. The fraction of sp³-hybridized carbons (Fsp3) is 0.182. The number of rotatable bonds is 5. The zero-order valence-corrected chi connectivity index (χ0v) is 18.7. The Morgan fingerprint density at radius 3 is 2.76 bits per heavy atom. The number of aromatic nitrogens is 3. The molecule has 5 nitrogen and oxygen atoms in total. The molecule has 2 heterocycles. The van der Waals surface area contributed by atoms with E-state index in [1.54, 1.807) is 11.3 Å². The predicted molar refractivity (Wildman–Crippen MR) is 122 cm³/mol. The summed E-state index contributed by atoms with van der Waals surface area (Å²) < 4.78 is 8.24. The summed E-state index contributed by atoms with van der Waals surface area (Å²) in [7, 11) is 2.01. The van der Waals surface area contributed by atoms with Crippen LogP contribution in [0.2, 0.25) is 0 Å². The average Bonchev–Trinajstić information content (AvgIpc) is 3.28. The van der Waals surface area contributed by atoms with Gasteiger partial charge in [0.1, 0.15) is 10.8 Å². The number of halogens is 1. The van der Waals surface area contributed by atoms with Crippen molar-refractivity contribution in [3.8, 4) is 11.5 Å². The Hall–Kier alpha value is -2.64. The van der Waals surface area contributed by atoms with Gasteiger partial charge in [-0.05, 0) is 65.7 Å². The molecule has 0 saturated heterocycles. The lowest BCUT2D eigenvalue weighted by atomic mass is 10.1. The number of ether oxygens (including phenoxy) is 1. The molecular formula is C22H20BrN3O2S. The van der Waals surface area contributed by atoms with Crippen LogP contribution in [0, 0.1) is 6.92 Å². The van der Waals surface area contributed by atoms with Gasteiger partial charge in [0.05, 0.1) is 27.7 Å². The number of phenols is 1. The van der Waals surface area contributed by atoms with Crippen LogP contribution < -0.4 is 4.74 Å². The number of imidazole rings is 1. The van der Waals surface area contributed by atoms with Gasteiger partial charge in [-0.2, -0.15) is 0 Å². The summed E-state index contributed by atoms with van der Waals surface area (Å²) >= 11 is 5.01. The lowest BCUT2D eigenvalue weighted by molar-refractivity contribution is 0.317. The number of hydrogen-bond donors (Lipinski definition) is 1. The van der Waals surface area contributed by atoms with E-state index in [1.165, 1.54) is 0 Å². The van der Waals surface area contributed by atoms with Crippen LogP contribution in [0.1, 0.15) is 29.0 Å². The molecule has 0 atom stereocenters. The summed E-state index contributed by atoms with van der Waals surface area (Å²) in [6.07, 6.45) is 2.03. The Balaban J connectivity index is 1.93. The van der Waals surface area contributed by atoms with Crippen LogP contribution in [0.25, 0.3) is 22.7 Å². The Labute approximate surface area is 181 Å². The summed E-state index contributed by atoms with van der Waals surface area (Å²) in [5, 5.41) is 13.2. The van der Waals surface area contributed by atoms with Gasteiger partial charge in [0.25, 0.3) is 0 Å². The molecule has 7 heteroatoms. The molecule has 4 rings (SSSR count). The first kappa shape index (κ1) is 19.7. The van der Waals surface area contributed by atoms with Gasteiger partial charge in [-0.3, -0.25) is 0 Å². The minimum absolute atomic E-state index is 0.0957. The van der Waals surface area contributed by atoms with E-state index in [9.17, 15) is 5.11 Å². The van der Waals surface area contributed by atoms with Gasteiger partial charge in [-0.25, -0.2) is 9.97 Å². The molecule has 0 unspecified atom stereocenters. The van der Waals surface area contributed by atoms with Crippen LogP contribution in [0.4, 0.5) is 0 Å². The third-order valence-electron chi connectivity index (χ3n) is 4.54. The number of aryl methyl sites for hydroxylation is 2. The molecular weight excluding hydrogens is 450 g/mol. The average molecular weight is 470 g/mol. The largest absolute Gasteiger partial charge is 0.503 e. The quantitative estimate of drug-likeness (QED) is 0.401. The van der Waals surface area contributed by atoms with E-state index < -0.39 is 0 Å². The van der Waals surface area contributed by atoms with Crippen LogP contribution in [0.5, 0.6) is 11.5 Å². The molecule has 0 saturated carbocycles. The van der Waals surface area contributed by atoms with Gasteiger partial charge in [0.2, 0.25) is 0 Å². The van der Waals surface area contributed by atoms with Crippen molar-refractivity contribution in [3.05, 3.63) is 68.3 Å². The number of benzene rings is 2. The molecule has 0 spiro atoms. The van der Waals surface area contributed by atoms with Crippen LogP contribution in [0.3, 0.4) is 0 Å². The predicted octanol–water partition coefficient (Wildman–Crippen LogP) is 5.79. The summed E-state index contributed by atoms with van der Waals surface area (Å²) in [6.45, 7) is 4.34. The maximum atomic E-state index is 10.2. The smallest absolute Gasteiger partial charge is 0.172 e. The van der Waals surface area contributed by atoms with Crippen molar-refractivity contribution in [1.82, 2.24) is 14.5 Å². The Kier molecular flexibility index (Phi) is 5.43. The second kappa shape index (κ2) is 8.00. The van der Waals surface area contributed by atoms with Gasteiger partial charge in [0.15, 0.2) is 11.5 Å². The number of nitrogens with zero attached hydrogens (tertiary/aromatic N) is 3. The van der Waals surface area contributed by atoms with Crippen LogP contribution in [0.15, 0.2) is 46.3 Å². The van der Waals surface area contributed by atoms with Crippen LogP contribution in [-0.2, 0) is 7.05 Å². The molecule has 0 aliphatic rings. The molecule has 2 aromatic heterocycles. The van der Waals surface area contributed by atoms with E-state index in [4.69, 9.17) is 14.7 Å². The molecule has 4 aromatic rings. The van der Waals surface area contributed by atoms with Crippen molar-refractivity contribution in [2.75, 3.05) is 6.61 Å². The van der Waals surface area contributed by atoms with Crippen molar-refractivity contribution in [2.45, 2.75) is 13.8 Å². The summed E-state index contributed by atoms with van der Waals surface area (Å²) in [5.74, 6) is 1.37. The number of thiazole rings is 1. The minimum Gasteiger partial charge on any atom is -0.503 e. The zero-order valence-electron chi connectivity index (χ0n) is 16.3. The SMILES string of the molecule is CCOc1cc(/C=C(\c2nc(C)cs2)c2nc3ccccc3n2C)cc(Br)c1O. The topological polar surface area (TPSA) is 60.2 Å². The second-order valence-electron chi connectivity index (χ2n) is 6.62. The van der Waals surface area contributed by atoms with Crippen LogP contribution >= 0.6 is 27.3 Å². The Bertz CT molecular complexity index is 1230. The maximum absolute atomic E-state index is 10.2. The maximum Gasteiger partial charge on any atom is 0.172 e. The van der Waals surface area contributed by atoms with Gasteiger partial charge >= 0.3 is 0 Å². The number of hydrogen-bond acceptors (Lipinski definition) is 5. The van der Waals surface area contributed by atoms with E-state index in [2.05, 4.69) is 26.6 Å². The van der Waals surface area contributed by atoms with Crippen molar-refractivity contribution in [3.63, 3.8) is 0 Å². The lowest BCUT2D eigenvalue weighted by Crippen LogP contribution is -1.99. The molecule has 2 aromatic carbocycles. The first-order valence-corrected chi connectivity index (χ1v) is 10.9. The highest BCUT2D eigenvalue weighted by Gasteiger charge is 2.18. The zero-order chi connectivity index (χ0) is 20.5. The number of fused-ring (bicyclic) bond motifs is 1. The van der Waals surface area contributed by atoms with Gasteiger partial charge in [-0.1, -0.05) is 12.1 Å². The van der Waals surface area contributed by atoms with Crippen molar-refractivity contribution < 1.29 is 9.84 Å². The minimum atomic E-state index is 0.0957. The molecule has 0 fully saturated rings. The molecule has 0 amide bonds. The number of aromatic hydroxyl groups is 1. The molecule has 1 N–H and O–H groups in total. The monoisotopic (exact) mass is 469 g/mol. The highest BCUT2D eigenvalue weighted by atomic mass is 79.9. The van der Waals surface area contributed by atoms with Crippen molar-refractivity contribution in [2.24, 2.45) is 7.05 Å². The van der Waals surface area contributed by atoms with Gasteiger partial charge < -0.3 is 14.4 Å². The summed E-state index contributed by atoms with van der Waals surface area (Å²) in [5.41, 5.74) is 4.76. The standard InChI is InChI=1S/C22H20BrN3O2S/c1-4-28-19-11-14(10-16(23)20(19)27)9-15(22-24-13(2)12-29-22)21-25-17-7-5-6-8-18(17)26(21)3/h5-12,27H,4H2,1-3H3/b15-9-. The lowest BCUT2D eigenvalue weighted by Gasteiger charge is -2.10. The molecule has 0 aliphatic carbocycles. The third kappa shape index (κ3) is 3.80. The molecule has 0 aliphatic heterocycles. The van der Waals surface area contributed by atoms with E-state index in [0.717, 1.165) is 38.7 Å². The van der Waals surface area contributed by atoms with E-state index >= 15 is 0 Å². The Morgan fingerprint density at radius 2 is 2.07 bits per heavy atom. The van der Waals surface area contributed by atoms with Gasteiger partial charge in [-0.15, -0.1) is 11.3 Å². The second-order valence-corrected chi connectivity index (χ2v) is 8.33. The van der Waals surface area contributed by atoms with E-state index in [-0.39, 0.29) is 5.75 Å². The molecule has 0 radical (unpaired) electrons. The molecule has 148 valence electrons. The Morgan fingerprint density at radius 1 is 1.28 bits per heavy atom. The molecule has 29 heavy (non-hydrogen) atoms. The van der Waals surface area contributed by atoms with E-state index in [1.807, 2.05) is 62.7 Å².